The third kappa shape index (κ3) is 8.41. The minimum absolute atomic E-state index is 0.209. The van der Waals surface area contributed by atoms with E-state index in [1.54, 1.807) is 0 Å². The molecule has 1 rings (SSSR count). The number of rotatable bonds is 1. The van der Waals surface area contributed by atoms with Crippen LogP contribution >= 0.6 is 0 Å². The summed E-state index contributed by atoms with van der Waals surface area (Å²) in [6.07, 6.45) is 0. The highest BCUT2D eigenvalue weighted by Gasteiger charge is 2.15. The number of hydrogen-bond acceptors (Lipinski definition) is 4. The standard InChI is InChI=1S/C7H16N4.H2O4S/c1-2-10-3-5-11(6-4-10)7(8)9;1-5(2,3)4/h2-6H2,1H3,(H3,8,9);(H2,1,2,3,4). The Morgan fingerprint density at radius 3 is 1.94 bits per heavy atom. The molecule has 1 aliphatic heterocycles. The van der Waals surface area contributed by atoms with E-state index in [0.29, 0.717) is 0 Å². The normalized spacial score (nSPS) is 17.6. The first-order valence-corrected chi connectivity index (χ1v) is 6.15. The fourth-order valence-corrected chi connectivity index (χ4v) is 1.31. The highest BCUT2D eigenvalue weighted by Crippen LogP contribution is 1.99. The monoisotopic (exact) mass is 254 g/mol. The average molecular weight is 254 g/mol. The minimum atomic E-state index is -4.67. The number of hydrogen-bond donors (Lipinski definition) is 4. The molecule has 1 heterocycles. The van der Waals surface area contributed by atoms with Crippen LogP contribution in [-0.4, -0.2) is 66.0 Å². The summed E-state index contributed by atoms with van der Waals surface area (Å²) in [5.41, 5.74) is 5.34. The van der Waals surface area contributed by atoms with Crippen molar-refractivity contribution in [2.45, 2.75) is 6.92 Å². The maximum absolute atomic E-state index is 8.74. The molecule has 0 bridgehead atoms. The van der Waals surface area contributed by atoms with Crippen LogP contribution in [0.2, 0.25) is 0 Å². The van der Waals surface area contributed by atoms with Crippen LogP contribution < -0.4 is 5.73 Å². The van der Waals surface area contributed by atoms with E-state index in [-0.39, 0.29) is 5.96 Å². The van der Waals surface area contributed by atoms with Gasteiger partial charge in [-0.3, -0.25) is 14.5 Å². The van der Waals surface area contributed by atoms with E-state index >= 15 is 0 Å². The zero-order valence-electron chi connectivity index (χ0n) is 9.13. The molecule has 0 aromatic carbocycles. The molecule has 0 aliphatic carbocycles. The quantitative estimate of drug-likeness (QED) is 0.264. The van der Waals surface area contributed by atoms with Gasteiger partial charge in [0.2, 0.25) is 0 Å². The Kier molecular flexibility index (Phi) is 6.26. The van der Waals surface area contributed by atoms with E-state index in [0.717, 1.165) is 32.7 Å². The first-order chi connectivity index (χ1) is 7.24. The summed E-state index contributed by atoms with van der Waals surface area (Å²) in [5, 5.41) is 7.20. The zero-order chi connectivity index (χ0) is 12.8. The molecule has 0 spiro atoms. The van der Waals surface area contributed by atoms with Gasteiger partial charge in [-0.15, -0.1) is 0 Å². The van der Waals surface area contributed by atoms with E-state index in [9.17, 15) is 0 Å². The summed E-state index contributed by atoms with van der Waals surface area (Å²) in [6.45, 7) is 7.15. The lowest BCUT2D eigenvalue weighted by Gasteiger charge is -2.34. The first-order valence-electron chi connectivity index (χ1n) is 4.75. The lowest BCUT2D eigenvalue weighted by Crippen LogP contribution is -2.50. The number of piperazine rings is 1. The largest absolute Gasteiger partial charge is 0.394 e. The van der Waals surface area contributed by atoms with Crippen molar-refractivity contribution < 1.29 is 17.5 Å². The van der Waals surface area contributed by atoms with Crippen molar-refractivity contribution >= 4 is 16.4 Å². The second-order valence-electron chi connectivity index (χ2n) is 3.25. The van der Waals surface area contributed by atoms with Crippen molar-refractivity contribution in [1.29, 1.82) is 5.41 Å². The predicted octanol–water partition coefficient (Wildman–Crippen LogP) is -1.14. The summed E-state index contributed by atoms with van der Waals surface area (Å²) in [4.78, 5) is 4.27. The highest BCUT2D eigenvalue weighted by molar-refractivity contribution is 7.79. The first kappa shape index (κ1) is 15.1. The van der Waals surface area contributed by atoms with E-state index in [1.807, 2.05) is 4.90 Å². The Morgan fingerprint density at radius 2 is 1.69 bits per heavy atom. The Hall–Kier alpha value is -0.900. The minimum Gasteiger partial charge on any atom is -0.370 e. The second kappa shape index (κ2) is 6.63. The van der Waals surface area contributed by atoms with Crippen LogP contribution in [0.4, 0.5) is 0 Å². The molecule has 0 radical (unpaired) electrons. The van der Waals surface area contributed by atoms with Crippen molar-refractivity contribution in [1.82, 2.24) is 9.80 Å². The predicted molar refractivity (Wildman–Crippen MR) is 59.8 cm³/mol. The van der Waals surface area contributed by atoms with Crippen LogP contribution in [-0.2, 0) is 10.4 Å². The van der Waals surface area contributed by atoms with Crippen molar-refractivity contribution in [2.24, 2.45) is 5.73 Å². The number of guanidine groups is 1. The van der Waals surface area contributed by atoms with Crippen LogP contribution in [0.1, 0.15) is 6.92 Å². The molecule has 1 saturated heterocycles. The molecule has 8 nitrogen and oxygen atoms in total. The molecule has 16 heavy (non-hydrogen) atoms. The SMILES string of the molecule is CCN1CCN(C(=N)N)CC1.O=S(=O)(O)O. The Balaban J connectivity index is 0.000000385. The van der Waals surface area contributed by atoms with Gasteiger partial charge in [-0.25, -0.2) is 0 Å². The van der Waals surface area contributed by atoms with Crippen LogP contribution in [0.5, 0.6) is 0 Å². The van der Waals surface area contributed by atoms with E-state index in [2.05, 4.69) is 11.8 Å². The van der Waals surface area contributed by atoms with Crippen molar-refractivity contribution in [3.05, 3.63) is 0 Å². The van der Waals surface area contributed by atoms with Gasteiger partial charge < -0.3 is 15.5 Å². The molecule has 0 aromatic rings. The van der Waals surface area contributed by atoms with Gasteiger partial charge in [0, 0.05) is 26.2 Å². The number of likely N-dealkylation sites (N-methyl/N-ethyl adjacent to an activating group) is 1. The summed E-state index contributed by atoms with van der Waals surface area (Å²) in [6, 6.07) is 0. The molecule has 0 atom stereocenters. The summed E-state index contributed by atoms with van der Waals surface area (Å²) in [5.74, 6) is 0.209. The molecular formula is C7H18N4O4S. The number of nitrogens with zero attached hydrogens (tertiary/aromatic N) is 2. The molecule has 9 heteroatoms. The van der Waals surface area contributed by atoms with Crippen LogP contribution in [0.15, 0.2) is 0 Å². The fourth-order valence-electron chi connectivity index (χ4n) is 1.31. The molecule has 0 unspecified atom stereocenters. The summed E-state index contributed by atoms with van der Waals surface area (Å²) < 4.78 is 31.6. The Morgan fingerprint density at radius 1 is 1.31 bits per heavy atom. The van der Waals surface area contributed by atoms with E-state index in [1.165, 1.54) is 0 Å². The smallest absolute Gasteiger partial charge is 0.370 e. The number of nitrogens with two attached hydrogens (primary N) is 1. The van der Waals surface area contributed by atoms with Gasteiger partial charge in [-0.05, 0) is 6.54 Å². The van der Waals surface area contributed by atoms with Gasteiger partial charge in [0.15, 0.2) is 5.96 Å². The van der Waals surface area contributed by atoms with Gasteiger partial charge in [-0.1, -0.05) is 6.92 Å². The maximum atomic E-state index is 8.74. The van der Waals surface area contributed by atoms with Crippen LogP contribution in [0.25, 0.3) is 0 Å². The van der Waals surface area contributed by atoms with E-state index in [4.69, 9.17) is 28.7 Å². The molecule has 1 aliphatic rings. The van der Waals surface area contributed by atoms with Crippen molar-refractivity contribution in [3.8, 4) is 0 Å². The van der Waals surface area contributed by atoms with Gasteiger partial charge in [0.25, 0.3) is 0 Å². The van der Waals surface area contributed by atoms with Crippen molar-refractivity contribution in [3.63, 3.8) is 0 Å². The third-order valence-corrected chi connectivity index (χ3v) is 2.16. The van der Waals surface area contributed by atoms with Gasteiger partial charge in [-0.2, -0.15) is 8.42 Å². The van der Waals surface area contributed by atoms with Gasteiger partial charge in [0.1, 0.15) is 0 Å². The van der Waals surface area contributed by atoms with Crippen molar-refractivity contribution in [2.75, 3.05) is 32.7 Å². The Labute approximate surface area is 95.1 Å². The van der Waals surface area contributed by atoms with Gasteiger partial charge in [0.05, 0.1) is 0 Å². The summed E-state index contributed by atoms with van der Waals surface area (Å²) >= 11 is 0. The van der Waals surface area contributed by atoms with E-state index < -0.39 is 10.4 Å². The second-order valence-corrected chi connectivity index (χ2v) is 4.15. The third-order valence-electron chi connectivity index (χ3n) is 2.16. The van der Waals surface area contributed by atoms with Crippen LogP contribution in [0, 0.1) is 5.41 Å². The molecule has 0 aromatic heterocycles. The highest BCUT2D eigenvalue weighted by atomic mass is 32.3. The maximum Gasteiger partial charge on any atom is 0.394 e. The number of nitrogens with one attached hydrogen (secondary N) is 1. The molecule has 96 valence electrons. The lowest BCUT2D eigenvalue weighted by molar-refractivity contribution is 0.188. The summed E-state index contributed by atoms with van der Waals surface area (Å²) in [7, 11) is -4.67. The molecular weight excluding hydrogens is 236 g/mol. The average Bonchev–Trinajstić information content (AvgIpc) is 2.15. The molecule has 0 saturated carbocycles. The van der Waals surface area contributed by atoms with Crippen LogP contribution in [0.3, 0.4) is 0 Å². The lowest BCUT2D eigenvalue weighted by atomic mass is 10.3. The molecule has 5 N–H and O–H groups in total. The van der Waals surface area contributed by atoms with Gasteiger partial charge >= 0.3 is 10.4 Å². The molecule has 1 fully saturated rings. The Bertz CT molecular complexity index is 302. The fraction of sp³-hybridized carbons (Fsp3) is 0.857. The topological polar surface area (TPSA) is 131 Å². The molecule has 0 amide bonds. The zero-order valence-corrected chi connectivity index (χ0v) is 9.94.